The molecule has 7 heteroatoms. The minimum absolute atomic E-state index is 0.0488. The molecule has 0 atom stereocenters. The molecule has 0 aliphatic carbocycles. The van der Waals surface area contributed by atoms with Crippen molar-refractivity contribution < 1.29 is 4.79 Å². The molecule has 0 fully saturated rings. The number of benzene rings is 1. The highest BCUT2D eigenvalue weighted by atomic mass is 35.5. The predicted octanol–water partition coefficient (Wildman–Crippen LogP) is 3.27. The van der Waals surface area contributed by atoms with Gasteiger partial charge in [0.1, 0.15) is 11.6 Å². The van der Waals surface area contributed by atoms with E-state index in [-0.39, 0.29) is 22.3 Å². The van der Waals surface area contributed by atoms with E-state index >= 15 is 0 Å². The first-order chi connectivity index (χ1) is 10.8. The highest BCUT2D eigenvalue weighted by Crippen LogP contribution is 2.20. The molecule has 0 saturated heterocycles. The van der Waals surface area contributed by atoms with Crippen molar-refractivity contribution >= 4 is 29.0 Å². The summed E-state index contributed by atoms with van der Waals surface area (Å²) in [6.45, 7) is 5.76. The number of nitrogens with zero attached hydrogens (tertiary/aromatic N) is 3. The third-order valence-electron chi connectivity index (χ3n) is 2.78. The van der Waals surface area contributed by atoms with Gasteiger partial charge in [0.05, 0.1) is 6.20 Å². The molecule has 2 rings (SSSR count). The normalized spacial score (nSPS) is 10.7. The third-order valence-corrected chi connectivity index (χ3v) is 2.96. The molecule has 0 radical (unpaired) electrons. The van der Waals surface area contributed by atoms with E-state index in [4.69, 9.17) is 16.9 Å². The predicted molar refractivity (Wildman–Crippen MR) is 88.7 cm³/mol. The maximum Gasteiger partial charge on any atom is 0.251 e. The number of carbonyl (C=O) groups excluding carboxylic acids is 1. The summed E-state index contributed by atoms with van der Waals surface area (Å²) < 4.78 is 0. The van der Waals surface area contributed by atoms with Crippen molar-refractivity contribution in [3.8, 4) is 6.07 Å². The Balaban J connectivity index is 2.17. The van der Waals surface area contributed by atoms with E-state index in [1.807, 2.05) is 26.8 Å². The van der Waals surface area contributed by atoms with Gasteiger partial charge in [0, 0.05) is 16.8 Å². The van der Waals surface area contributed by atoms with Gasteiger partial charge >= 0.3 is 0 Å². The average molecular weight is 330 g/mol. The molecule has 0 spiro atoms. The molecule has 0 aliphatic rings. The molecular weight excluding hydrogens is 314 g/mol. The molecule has 2 aromatic rings. The van der Waals surface area contributed by atoms with Crippen LogP contribution in [0, 0.1) is 11.3 Å². The fourth-order valence-corrected chi connectivity index (χ4v) is 1.93. The fraction of sp³-hybridized carbons (Fsp3) is 0.250. The monoisotopic (exact) mass is 329 g/mol. The largest absolute Gasteiger partial charge is 0.347 e. The summed E-state index contributed by atoms with van der Waals surface area (Å²) in [7, 11) is 0. The smallest absolute Gasteiger partial charge is 0.251 e. The summed E-state index contributed by atoms with van der Waals surface area (Å²) >= 11 is 5.74. The molecule has 1 aromatic carbocycles. The van der Waals surface area contributed by atoms with Gasteiger partial charge in [0.15, 0.2) is 5.82 Å². The molecule has 1 heterocycles. The van der Waals surface area contributed by atoms with Crippen molar-refractivity contribution in [1.29, 1.82) is 5.26 Å². The molecule has 118 valence electrons. The van der Waals surface area contributed by atoms with Crippen molar-refractivity contribution in [2.75, 3.05) is 5.32 Å². The van der Waals surface area contributed by atoms with Crippen LogP contribution in [0.5, 0.6) is 0 Å². The number of carbonyl (C=O) groups is 1. The van der Waals surface area contributed by atoms with Gasteiger partial charge in [-0.05, 0) is 56.6 Å². The summed E-state index contributed by atoms with van der Waals surface area (Å²) in [5.41, 5.74) is 1.21. The number of hydrogen-bond donors (Lipinski definition) is 2. The van der Waals surface area contributed by atoms with Crippen LogP contribution in [0.1, 0.15) is 36.7 Å². The van der Waals surface area contributed by atoms with Crippen LogP contribution in [-0.4, -0.2) is 21.4 Å². The lowest BCUT2D eigenvalue weighted by molar-refractivity contribution is 0.0919. The zero-order chi connectivity index (χ0) is 17.0. The number of anilines is 2. The van der Waals surface area contributed by atoms with E-state index < -0.39 is 0 Å². The van der Waals surface area contributed by atoms with Crippen molar-refractivity contribution in [2.45, 2.75) is 26.3 Å². The maximum absolute atomic E-state index is 12.1. The Morgan fingerprint density at radius 3 is 2.48 bits per heavy atom. The Morgan fingerprint density at radius 2 is 1.91 bits per heavy atom. The van der Waals surface area contributed by atoms with E-state index in [1.54, 1.807) is 24.3 Å². The number of nitriles is 1. The first-order valence-electron chi connectivity index (χ1n) is 6.91. The minimum atomic E-state index is -0.298. The summed E-state index contributed by atoms with van der Waals surface area (Å²) in [6.07, 6.45) is 1.35. The van der Waals surface area contributed by atoms with E-state index in [0.29, 0.717) is 17.1 Å². The van der Waals surface area contributed by atoms with Gasteiger partial charge < -0.3 is 10.6 Å². The number of aromatic nitrogens is 2. The van der Waals surface area contributed by atoms with Gasteiger partial charge in [-0.25, -0.2) is 4.98 Å². The Kier molecular flexibility index (Phi) is 4.82. The van der Waals surface area contributed by atoms with E-state index in [2.05, 4.69) is 20.6 Å². The first kappa shape index (κ1) is 16.7. The van der Waals surface area contributed by atoms with Crippen LogP contribution >= 0.6 is 11.6 Å². The molecule has 0 saturated carbocycles. The van der Waals surface area contributed by atoms with E-state index in [9.17, 15) is 4.79 Å². The lowest BCUT2D eigenvalue weighted by Crippen LogP contribution is -2.40. The average Bonchev–Trinajstić information content (AvgIpc) is 2.46. The molecular formula is C16H16ClN5O. The second-order valence-corrected chi connectivity index (χ2v) is 6.26. The Hall–Kier alpha value is -2.65. The Bertz CT molecular complexity index is 760. The minimum Gasteiger partial charge on any atom is -0.347 e. The van der Waals surface area contributed by atoms with E-state index in [0.717, 1.165) is 0 Å². The number of nitrogens with one attached hydrogen (secondary N) is 2. The second kappa shape index (κ2) is 6.63. The topological polar surface area (TPSA) is 90.7 Å². The highest BCUT2D eigenvalue weighted by molar-refractivity contribution is 6.28. The zero-order valence-corrected chi connectivity index (χ0v) is 13.8. The lowest BCUT2D eigenvalue weighted by Gasteiger charge is -2.20. The molecule has 1 amide bonds. The maximum atomic E-state index is 12.1. The Morgan fingerprint density at radius 1 is 1.26 bits per heavy atom. The first-order valence-corrected chi connectivity index (χ1v) is 7.28. The molecule has 23 heavy (non-hydrogen) atoms. The molecule has 2 N–H and O–H groups in total. The lowest BCUT2D eigenvalue weighted by atomic mass is 10.1. The van der Waals surface area contributed by atoms with Crippen LogP contribution in [0.15, 0.2) is 30.5 Å². The van der Waals surface area contributed by atoms with Crippen LogP contribution in [0.3, 0.4) is 0 Å². The standard InChI is InChI=1S/C16H16ClN5O/c1-16(2,3)22-14(23)10-4-6-12(7-5-10)20-13-11(8-18)9-19-15(17)21-13/h4-7,9H,1-3H3,(H,22,23)(H,19,20,21). The van der Waals surface area contributed by atoms with Gasteiger partial charge in [0.2, 0.25) is 5.28 Å². The van der Waals surface area contributed by atoms with Crippen molar-refractivity contribution in [2.24, 2.45) is 0 Å². The third kappa shape index (κ3) is 4.66. The van der Waals surface area contributed by atoms with Crippen LogP contribution in [-0.2, 0) is 0 Å². The van der Waals surface area contributed by atoms with Crippen molar-refractivity contribution in [3.05, 3.63) is 46.9 Å². The molecule has 0 unspecified atom stereocenters. The van der Waals surface area contributed by atoms with Crippen LogP contribution < -0.4 is 10.6 Å². The van der Waals surface area contributed by atoms with Crippen LogP contribution in [0.4, 0.5) is 11.5 Å². The number of rotatable bonds is 3. The summed E-state index contributed by atoms with van der Waals surface area (Å²) in [6, 6.07) is 8.84. The molecule has 0 bridgehead atoms. The van der Waals surface area contributed by atoms with Gasteiger partial charge in [-0.2, -0.15) is 10.2 Å². The molecule has 1 aromatic heterocycles. The number of hydrogen-bond acceptors (Lipinski definition) is 5. The quantitative estimate of drug-likeness (QED) is 0.843. The summed E-state index contributed by atoms with van der Waals surface area (Å²) in [5.74, 6) is 0.172. The van der Waals surface area contributed by atoms with Crippen molar-refractivity contribution in [1.82, 2.24) is 15.3 Å². The molecule has 0 aliphatic heterocycles. The Labute approximate surface area is 139 Å². The number of halogens is 1. The van der Waals surface area contributed by atoms with Gasteiger partial charge in [-0.3, -0.25) is 4.79 Å². The van der Waals surface area contributed by atoms with Gasteiger partial charge in [-0.15, -0.1) is 0 Å². The highest BCUT2D eigenvalue weighted by Gasteiger charge is 2.15. The van der Waals surface area contributed by atoms with Crippen LogP contribution in [0.2, 0.25) is 5.28 Å². The van der Waals surface area contributed by atoms with Crippen LogP contribution in [0.25, 0.3) is 0 Å². The SMILES string of the molecule is CC(C)(C)NC(=O)c1ccc(Nc2nc(Cl)ncc2C#N)cc1. The second-order valence-electron chi connectivity index (χ2n) is 5.92. The zero-order valence-electron chi connectivity index (χ0n) is 13.0. The van der Waals surface area contributed by atoms with E-state index in [1.165, 1.54) is 6.20 Å². The number of amides is 1. The van der Waals surface area contributed by atoms with Gasteiger partial charge in [-0.1, -0.05) is 0 Å². The van der Waals surface area contributed by atoms with Crippen molar-refractivity contribution in [3.63, 3.8) is 0 Å². The summed E-state index contributed by atoms with van der Waals surface area (Å²) in [4.78, 5) is 19.8. The summed E-state index contributed by atoms with van der Waals surface area (Å²) in [5, 5.41) is 15.0. The molecule has 6 nitrogen and oxygen atoms in total. The van der Waals surface area contributed by atoms with Gasteiger partial charge in [0.25, 0.3) is 5.91 Å². The fourth-order valence-electron chi connectivity index (χ4n) is 1.79.